The molecule has 0 aliphatic rings. The van der Waals surface area contributed by atoms with Crippen LogP contribution in [0.2, 0.25) is 0 Å². The fraction of sp³-hybridized carbons (Fsp3) is 0.750. The zero-order valence-electron chi connectivity index (χ0n) is 44.7. The van der Waals surface area contributed by atoms with Gasteiger partial charge in [-0.15, -0.1) is 0 Å². The Hall–Kier alpha value is -5.38. The van der Waals surface area contributed by atoms with Crippen LogP contribution in [0.3, 0.4) is 0 Å². The zero-order chi connectivity index (χ0) is 55.5. The van der Waals surface area contributed by atoms with E-state index < -0.39 is 136 Å². The first-order valence-corrected chi connectivity index (χ1v) is 19.0. The van der Waals surface area contributed by atoms with Crippen LogP contribution in [-0.4, -0.2) is 147 Å². The largest absolute Gasteiger partial charge is 0.466 e. The van der Waals surface area contributed by atoms with E-state index >= 15 is 0 Å². The minimum Gasteiger partial charge on any atom is -0.466 e. The first kappa shape index (κ1) is 47.7. The molecule has 0 rings (SSSR count). The van der Waals surface area contributed by atoms with Crippen molar-refractivity contribution in [2.24, 2.45) is 0 Å². The molecule has 360 valence electrons. The van der Waals surface area contributed by atoms with Crippen molar-refractivity contribution in [1.29, 1.82) is 0 Å². The second-order valence-electron chi connectivity index (χ2n) is 11.1. The van der Waals surface area contributed by atoms with Crippen LogP contribution in [0.25, 0.3) is 0 Å². The number of rotatable bonds is 26. The summed E-state index contributed by atoms with van der Waals surface area (Å²) in [5, 5.41) is 17.3. The normalized spacial score (nSPS) is 16.1. The number of aliphatic hydroxyl groups excluding tert-OH is 2. The van der Waals surface area contributed by atoms with Crippen LogP contribution >= 0.6 is 0 Å². The molecule has 2 N–H and O–H groups in total. The number of aliphatic hydroxyl groups is 2. The topological polar surface area (TPSA) is 303 Å². The molecule has 4 unspecified atom stereocenters. The van der Waals surface area contributed by atoms with Crippen molar-refractivity contribution in [2.75, 3.05) is 52.8 Å². The molecule has 0 aromatic rings. The summed E-state index contributed by atoms with van der Waals surface area (Å²) in [6, 6.07) is 0. The van der Waals surface area contributed by atoms with Gasteiger partial charge in [0.1, 0.15) is 0 Å². The van der Waals surface area contributed by atoms with Gasteiger partial charge in [-0.25, -0.2) is 19.2 Å². The van der Waals surface area contributed by atoms with Gasteiger partial charge in [-0.3, -0.25) is 28.8 Å². The van der Waals surface area contributed by atoms with Crippen molar-refractivity contribution >= 4 is 59.7 Å². The molecule has 0 saturated carbocycles. The average Bonchev–Trinajstić information content (AvgIpc) is 3.21. The van der Waals surface area contributed by atoms with Crippen molar-refractivity contribution in [3.63, 3.8) is 0 Å². The monoisotopic (exact) mass is 908 g/mol. The Bertz CT molecular complexity index is 1630. The minimum absolute atomic E-state index is 0.00558. The highest BCUT2D eigenvalue weighted by Crippen LogP contribution is 2.03. The van der Waals surface area contributed by atoms with Crippen LogP contribution in [0.15, 0.2) is 0 Å². The Morgan fingerprint density at radius 1 is 0.419 bits per heavy atom. The Morgan fingerprint density at radius 2 is 0.694 bits per heavy atom. The molecule has 0 spiro atoms. The molecule has 0 radical (unpaired) electrons. The van der Waals surface area contributed by atoms with E-state index in [1.54, 1.807) is 27.7 Å². The summed E-state index contributed by atoms with van der Waals surface area (Å²) in [5.74, 6) is -8.00. The van der Waals surface area contributed by atoms with Crippen LogP contribution in [0.4, 0.5) is 0 Å². The van der Waals surface area contributed by atoms with Gasteiger partial charge in [-0.05, 0) is 81.1 Å². The summed E-state index contributed by atoms with van der Waals surface area (Å²) in [6.45, 7) is 9.04. The van der Waals surface area contributed by atoms with Gasteiger partial charge in [0.15, 0.2) is 24.4 Å². The molecular weight excluding hydrogens is 832 g/mol. The van der Waals surface area contributed by atoms with Gasteiger partial charge >= 0.3 is 59.7 Å². The van der Waals surface area contributed by atoms with E-state index in [2.05, 4.69) is 37.9 Å². The second-order valence-corrected chi connectivity index (χ2v) is 11.1. The maximum Gasteiger partial charge on any atom is 0.347 e. The standard InChI is InChI=1S/2C11H18O6.2C9H16O5/c2*1-4-15-11(14)8(2)17-10(13)6-5-7-16-9(3)12;2*1-3-13-9(12)7(2)14-8(11)5-4-6-10/h2*8H,4-7H2,1-3H3;2*7,10H,3-6H2,1-2H3/t2*8-;2*7-/m0000/s1/i6D2,7D;7D;5D2,6D;6D/t2*7?,8-;2*6?,7-. The highest BCUT2D eigenvalue weighted by atomic mass is 16.6. The lowest BCUT2D eigenvalue weighted by Gasteiger charge is -2.11. The molecule has 0 amide bonds. The lowest BCUT2D eigenvalue weighted by Crippen LogP contribution is -2.26. The van der Waals surface area contributed by atoms with Gasteiger partial charge < -0.3 is 57.6 Å². The van der Waals surface area contributed by atoms with E-state index in [0.29, 0.717) is 0 Å². The summed E-state index contributed by atoms with van der Waals surface area (Å²) in [4.78, 5) is 111. The van der Waals surface area contributed by atoms with E-state index in [1.165, 1.54) is 34.6 Å². The summed E-state index contributed by atoms with van der Waals surface area (Å²) < 4.78 is 104. The smallest absolute Gasteiger partial charge is 0.347 e. The Morgan fingerprint density at radius 3 is 0.984 bits per heavy atom. The van der Waals surface area contributed by atoms with Crippen LogP contribution in [0.1, 0.15) is 131 Å². The lowest BCUT2D eigenvalue weighted by atomic mass is 10.3. The van der Waals surface area contributed by atoms with Crippen LogP contribution in [-0.2, 0) is 95.3 Å². The molecule has 62 heavy (non-hydrogen) atoms. The van der Waals surface area contributed by atoms with Crippen molar-refractivity contribution < 1.29 is 116 Å². The first-order chi connectivity index (χ1) is 32.1. The molecule has 0 fully saturated rings. The minimum atomic E-state index is -2.55. The highest BCUT2D eigenvalue weighted by molar-refractivity contribution is 5.80. The van der Waals surface area contributed by atoms with Gasteiger partial charge in [-0.2, -0.15) is 0 Å². The van der Waals surface area contributed by atoms with Crippen LogP contribution < -0.4 is 0 Å². The van der Waals surface area contributed by atoms with Crippen molar-refractivity contribution in [3.05, 3.63) is 0 Å². The Labute approximate surface area is 374 Å². The average molecular weight is 909 g/mol. The second kappa shape index (κ2) is 42.3. The molecule has 22 heteroatoms. The number of hydrogen-bond donors (Lipinski definition) is 2. The molecule has 0 saturated heterocycles. The predicted octanol–water partition coefficient (Wildman–Crippen LogP) is 2.16. The Kier molecular flexibility index (Phi) is 32.5. The van der Waals surface area contributed by atoms with Gasteiger partial charge in [0.25, 0.3) is 0 Å². The molecule has 0 aromatic carbocycles. The molecule has 22 nitrogen and oxygen atoms in total. The third-order valence-corrected chi connectivity index (χ3v) is 5.77. The molecule has 0 aliphatic carbocycles. The van der Waals surface area contributed by atoms with E-state index in [0.717, 1.165) is 6.92 Å². The number of carbonyl (C=O) groups is 10. The third kappa shape index (κ3) is 42.7. The van der Waals surface area contributed by atoms with Gasteiger partial charge in [0, 0.05) is 58.1 Å². The molecule has 8 atom stereocenters. The number of esters is 10. The zero-order valence-corrected chi connectivity index (χ0v) is 36.7. The van der Waals surface area contributed by atoms with E-state index in [1.807, 2.05) is 0 Å². The van der Waals surface area contributed by atoms with Gasteiger partial charge in [0.2, 0.25) is 0 Å². The third-order valence-electron chi connectivity index (χ3n) is 5.77. The maximum absolute atomic E-state index is 11.6. The maximum atomic E-state index is 11.6. The molecule has 0 heterocycles. The number of carbonyl (C=O) groups excluding carboxylic acids is 10. The SMILES string of the molecule is [2H]C(CC([2H])([2H])C(=O)O[C@@H](C)C(=O)OCC)OC(C)=O.[2H]C(CCC(=O)O[C@@H](C)C(=O)OCC)OC(C)=O.[2H]C(O)CC([2H])([2H])C(=O)O[C@@H](C)C(=O)OCC.[2H]C(O)CCC(=O)O[C@@H](C)C(=O)OCC. The summed E-state index contributed by atoms with van der Waals surface area (Å²) in [5.41, 5.74) is 0. The molecule has 0 aliphatic heterocycles. The number of hydrogen-bond acceptors (Lipinski definition) is 22. The quantitative estimate of drug-likeness (QED) is 0.0928. The summed E-state index contributed by atoms with van der Waals surface area (Å²) >= 11 is 0. The Balaban J connectivity index is -0.000000417. The van der Waals surface area contributed by atoms with Crippen molar-refractivity contribution in [2.45, 2.75) is 145 Å². The fourth-order valence-electron chi connectivity index (χ4n) is 3.10. The van der Waals surface area contributed by atoms with Crippen LogP contribution in [0, 0.1) is 0 Å². The van der Waals surface area contributed by atoms with E-state index in [-0.39, 0.29) is 52.1 Å². The van der Waals surface area contributed by atoms with Crippen LogP contribution in [0.5, 0.6) is 0 Å². The first-order valence-electron chi connectivity index (χ1n) is 23.3. The van der Waals surface area contributed by atoms with Gasteiger partial charge in [-0.1, -0.05) is 0 Å². The highest BCUT2D eigenvalue weighted by Gasteiger charge is 2.21. The lowest BCUT2D eigenvalue weighted by molar-refractivity contribution is -0.166. The predicted molar refractivity (Wildman–Crippen MR) is 213 cm³/mol. The van der Waals surface area contributed by atoms with Crippen molar-refractivity contribution in [1.82, 2.24) is 0 Å². The van der Waals surface area contributed by atoms with Crippen molar-refractivity contribution in [3.8, 4) is 0 Å². The number of ether oxygens (including phenoxy) is 10. The molecule has 0 bridgehead atoms. The fourth-order valence-corrected chi connectivity index (χ4v) is 3.10. The summed E-state index contributed by atoms with van der Waals surface area (Å²) in [7, 11) is 0. The van der Waals surface area contributed by atoms with Gasteiger partial charge in [0.05, 0.1) is 45.1 Å². The van der Waals surface area contributed by atoms with E-state index in [9.17, 15) is 47.9 Å². The molecular formula is C40H68O22. The van der Waals surface area contributed by atoms with E-state index in [4.69, 9.17) is 30.7 Å². The summed E-state index contributed by atoms with van der Waals surface area (Å²) in [6.07, 6.45) is -11.1. The molecule has 0 aromatic heterocycles.